The molecular weight excluding hydrogens is 473 g/mol. The van der Waals surface area contributed by atoms with Gasteiger partial charge in [-0.2, -0.15) is 5.26 Å². The van der Waals surface area contributed by atoms with Crippen LogP contribution in [0, 0.1) is 17.1 Å². The molecule has 0 aliphatic carbocycles. The highest BCUT2D eigenvalue weighted by atomic mass is 32.2. The number of hydrogen-bond donors (Lipinski definition) is 3. The minimum atomic E-state index is -4.32. The number of ether oxygens (including phenoxy) is 1. The Labute approximate surface area is 200 Å². The van der Waals surface area contributed by atoms with Crippen molar-refractivity contribution in [2.45, 2.75) is 12.5 Å². The third-order valence-corrected chi connectivity index (χ3v) is 7.81. The Morgan fingerprint density at radius 1 is 1.06 bits per heavy atom. The van der Waals surface area contributed by atoms with Crippen molar-refractivity contribution in [3.8, 4) is 17.6 Å². The molecule has 1 atom stereocenters. The van der Waals surface area contributed by atoms with Crippen molar-refractivity contribution in [3.05, 3.63) is 106 Å². The molecule has 3 aromatic rings. The monoisotopic (exact) mass is 491 g/mol. The summed E-state index contributed by atoms with van der Waals surface area (Å²) in [6.45, 7) is -0.106. The maximum Gasteiger partial charge on any atom is 0.265 e. The molecular formula is C25H18FN3O5S. The van der Waals surface area contributed by atoms with Crippen LogP contribution >= 0.6 is 0 Å². The number of halogens is 1. The van der Waals surface area contributed by atoms with Crippen LogP contribution in [0.25, 0.3) is 5.76 Å². The molecule has 35 heavy (non-hydrogen) atoms. The summed E-state index contributed by atoms with van der Waals surface area (Å²) < 4.78 is 48.6. The van der Waals surface area contributed by atoms with Gasteiger partial charge in [-0.15, -0.1) is 0 Å². The van der Waals surface area contributed by atoms with Gasteiger partial charge in [0.2, 0.25) is 5.88 Å². The largest absolute Gasteiger partial charge is 0.504 e. The molecule has 0 saturated heterocycles. The van der Waals surface area contributed by atoms with Gasteiger partial charge in [0.05, 0.1) is 18.2 Å². The molecule has 0 saturated carbocycles. The zero-order valence-electron chi connectivity index (χ0n) is 18.0. The first kappa shape index (κ1) is 22.3. The number of nitrogens with two attached hydrogens (primary N) is 1. The van der Waals surface area contributed by atoms with Gasteiger partial charge >= 0.3 is 0 Å². The molecule has 0 fully saturated rings. The fraction of sp³-hybridized carbons (Fsp3) is 0.0800. The quantitative estimate of drug-likeness (QED) is 0.475. The minimum Gasteiger partial charge on any atom is -0.504 e. The Morgan fingerprint density at radius 2 is 1.77 bits per heavy atom. The second-order valence-electron chi connectivity index (χ2n) is 8.02. The molecule has 2 heterocycles. The number of phenolic OH excluding ortho intramolecular Hbond substituents is 2. The number of anilines is 1. The number of hydrogen-bond acceptors (Lipinski definition) is 7. The van der Waals surface area contributed by atoms with E-state index < -0.39 is 33.3 Å². The lowest BCUT2D eigenvalue weighted by molar-refractivity contribution is 0.357. The van der Waals surface area contributed by atoms with Crippen molar-refractivity contribution >= 4 is 21.5 Å². The Balaban J connectivity index is 1.76. The number of benzene rings is 3. The van der Waals surface area contributed by atoms with Crippen molar-refractivity contribution < 1.29 is 27.8 Å². The van der Waals surface area contributed by atoms with Gasteiger partial charge in [-0.3, -0.25) is 4.31 Å². The maximum atomic E-state index is 14.1. The average Bonchev–Trinajstić information content (AvgIpc) is 2.84. The second-order valence-corrected chi connectivity index (χ2v) is 9.85. The third kappa shape index (κ3) is 3.53. The van der Waals surface area contributed by atoms with E-state index in [-0.39, 0.29) is 34.2 Å². The molecule has 2 aliphatic rings. The van der Waals surface area contributed by atoms with Crippen molar-refractivity contribution in [1.29, 1.82) is 5.26 Å². The van der Waals surface area contributed by atoms with Crippen LogP contribution in [-0.2, 0) is 21.3 Å². The second kappa shape index (κ2) is 8.07. The number of nitriles is 1. The highest BCUT2D eigenvalue weighted by Gasteiger charge is 2.47. The first-order valence-electron chi connectivity index (χ1n) is 10.4. The molecule has 8 nitrogen and oxygen atoms in total. The number of phenols is 2. The van der Waals surface area contributed by atoms with Gasteiger partial charge < -0.3 is 20.7 Å². The van der Waals surface area contributed by atoms with E-state index in [1.807, 2.05) is 6.07 Å². The van der Waals surface area contributed by atoms with E-state index in [2.05, 4.69) is 0 Å². The fourth-order valence-electron chi connectivity index (χ4n) is 4.29. The number of aromatic hydroxyl groups is 2. The molecule has 10 heteroatoms. The van der Waals surface area contributed by atoms with Crippen LogP contribution in [0.4, 0.5) is 10.1 Å². The summed E-state index contributed by atoms with van der Waals surface area (Å²) in [5, 5.41) is 29.7. The highest BCUT2D eigenvalue weighted by Crippen LogP contribution is 2.51. The van der Waals surface area contributed by atoms with Crippen molar-refractivity contribution in [2.75, 3.05) is 4.31 Å². The van der Waals surface area contributed by atoms with E-state index in [0.29, 0.717) is 16.8 Å². The van der Waals surface area contributed by atoms with Gasteiger partial charge in [0.15, 0.2) is 17.3 Å². The van der Waals surface area contributed by atoms with Gasteiger partial charge in [-0.25, -0.2) is 12.8 Å². The van der Waals surface area contributed by atoms with Crippen LogP contribution in [0.15, 0.2) is 83.1 Å². The number of rotatable bonds is 3. The summed E-state index contributed by atoms with van der Waals surface area (Å²) >= 11 is 0. The number of nitrogens with zero attached hydrogens (tertiary/aromatic N) is 2. The van der Waals surface area contributed by atoms with Gasteiger partial charge in [0.1, 0.15) is 22.4 Å². The Bertz CT molecular complexity index is 1570. The third-order valence-electron chi connectivity index (χ3n) is 5.93. The van der Waals surface area contributed by atoms with Gasteiger partial charge in [0.25, 0.3) is 10.0 Å². The Kier molecular flexibility index (Phi) is 5.15. The van der Waals surface area contributed by atoms with Crippen LogP contribution in [-0.4, -0.2) is 18.6 Å². The van der Waals surface area contributed by atoms with Crippen LogP contribution in [0.3, 0.4) is 0 Å². The molecule has 5 rings (SSSR count). The molecule has 176 valence electrons. The topological polar surface area (TPSA) is 137 Å². The van der Waals surface area contributed by atoms with E-state index in [4.69, 9.17) is 10.5 Å². The van der Waals surface area contributed by atoms with Crippen LogP contribution in [0.5, 0.6) is 11.5 Å². The maximum absolute atomic E-state index is 14.1. The molecule has 0 amide bonds. The van der Waals surface area contributed by atoms with Crippen molar-refractivity contribution in [3.63, 3.8) is 0 Å². The molecule has 0 radical (unpaired) electrons. The molecule has 0 aromatic heterocycles. The zero-order chi connectivity index (χ0) is 24.9. The van der Waals surface area contributed by atoms with Crippen molar-refractivity contribution in [2.24, 2.45) is 5.73 Å². The normalized spacial score (nSPS) is 18.4. The lowest BCUT2D eigenvalue weighted by Gasteiger charge is -2.38. The van der Waals surface area contributed by atoms with Crippen LogP contribution in [0.2, 0.25) is 0 Å². The molecule has 0 spiro atoms. The van der Waals surface area contributed by atoms with E-state index >= 15 is 0 Å². The average molecular weight is 492 g/mol. The molecule has 1 unspecified atom stereocenters. The first-order valence-corrected chi connectivity index (χ1v) is 11.9. The van der Waals surface area contributed by atoms with Crippen molar-refractivity contribution in [1.82, 2.24) is 0 Å². The summed E-state index contributed by atoms with van der Waals surface area (Å²) in [6, 6.07) is 17.8. The number of allylic oxidation sites excluding steroid dienone is 2. The summed E-state index contributed by atoms with van der Waals surface area (Å²) in [5.41, 5.74) is 7.43. The molecule has 0 bridgehead atoms. The Morgan fingerprint density at radius 3 is 2.46 bits per heavy atom. The van der Waals surface area contributed by atoms with Crippen LogP contribution < -0.4 is 10.0 Å². The summed E-state index contributed by atoms with van der Waals surface area (Å²) in [7, 11) is -4.32. The zero-order valence-corrected chi connectivity index (χ0v) is 18.8. The predicted octanol–water partition coefficient (Wildman–Crippen LogP) is 3.76. The van der Waals surface area contributed by atoms with E-state index in [1.54, 1.807) is 24.3 Å². The number of sulfonamides is 1. The summed E-state index contributed by atoms with van der Waals surface area (Å²) in [6.07, 6.45) is 0. The lowest BCUT2D eigenvalue weighted by Crippen LogP contribution is -2.39. The molecule has 3 aromatic carbocycles. The molecule has 2 aliphatic heterocycles. The smallest absolute Gasteiger partial charge is 0.265 e. The van der Waals surface area contributed by atoms with E-state index in [1.165, 1.54) is 46.8 Å². The minimum absolute atomic E-state index is 0.0231. The van der Waals surface area contributed by atoms with Gasteiger partial charge in [-0.1, -0.05) is 30.3 Å². The summed E-state index contributed by atoms with van der Waals surface area (Å²) in [5.74, 6) is -2.83. The predicted molar refractivity (Wildman–Crippen MR) is 125 cm³/mol. The Hall–Kier alpha value is -4.49. The summed E-state index contributed by atoms with van der Waals surface area (Å²) in [4.78, 5) is -0.228. The van der Waals surface area contributed by atoms with E-state index in [0.717, 1.165) is 0 Å². The van der Waals surface area contributed by atoms with Gasteiger partial charge in [-0.05, 0) is 47.5 Å². The fourth-order valence-corrected chi connectivity index (χ4v) is 6.20. The standard InChI is InChI=1S/C25H18FN3O5S/c26-16-8-5-14(6-9-16)13-29-19-4-2-1-3-17(19)23-24(35(29,32)33)22(18(12-27)25(28)34-23)15-7-10-20(30)21(31)11-15/h1-11,22,30-31H,13,28H2. The van der Waals surface area contributed by atoms with E-state index in [9.17, 15) is 28.3 Å². The number of para-hydroxylation sites is 1. The van der Waals surface area contributed by atoms with Crippen LogP contribution in [0.1, 0.15) is 22.6 Å². The number of fused-ring (bicyclic) bond motifs is 2. The highest BCUT2D eigenvalue weighted by molar-refractivity contribution is 7.96. The molecule has 4 N–H and O–H groups in total. The van der Waals surface area contributed by atoms with Gasteiger partial charge in [0, 0.05) is 5.56 Å². The lowest BCUT2D eigenvalue weighted by atomic mass is 9.88. The SMILES string of the molecule is N#CC1=C(N)OC2=C(C1c1ccc(O)c(O)c1)S(=O)(=O)N(Cc1ccc(F)cc1)c1ccccc12. The first-order chi connectivity index (χ1) is 16.7.